The SMILES string of the molecule is COC(C)O[P+](F)(F)F. The second-order valence-electron chi connectivity index (χ2n) is 1.31. The lowest BCUT2D eigenvalue weighted by atomic mass is 10.8. The van der Waals surface area contributed by atoms with Crippen molar-refractivity contribution in [3.8, 4) is 0 Å². The Morgan fingerprint density at radius 1 is 1.33 bits per heavy atom. The molecule has 0 heterocycles. The maximum atomic E-state index is 11.3. The molecule has 0 aromatic carbocycles. The van der Waals surface area contributed by atoms with Crippen LogP contribution in [0, 0.1) is 0 Å². The van der Waals surface area contributed by atoms with Gasteiger partial charge >= 0.3 is 8.42 Å². The molecule has 0 N–H and O–H groups in total. The zero-order chi connectivity index (χ0) is 7.49. The van der Waals surface area contributed by atoms with E-state index < -0.39 is 14.7 Å². The van der Waals surface area contributed by atoms with Gasteiger partial charge in [-0.3, -0.25) is 0 Å². The number of ether oxygens (including phenoxy) is 1. The summed E-state index contributed by atoms with van der Waals surface area (Å²) in [7, 11) is -4.46. The molecule has 0 rings (SSSR count). The van der Waals surface area contributed by atoms with Gasteiger partial charge in [0.1, 0.15) is 0 Å². The minimum absolute atomic E-state index is 1.15. The van der Waals surface area contributed by atoms with Gasteiger partial charge in [0.15, 0.2) is 0 Å². The first-order valence-corrected chi connectivity index (χ1v) is 3.53. The molecule has 2 nitrogen and oxygen atoms in total. The van der Waals surface area contributed by atoms with Crippen molar-refractivity contribution in [3.63, 3.8) is 0 Å². The minimum atomic E-state index is -5.61. The van der Waals surface area contributed by atoms with Crippen LogP contribution in [0.5, 0.6) is 0 Å². The Morgan fingerprint density at radius 2 is 1.78 bits per heavy atom. The van der Waals surface area contributed by atoms with Crippen LogP contribution in [0.4, 0.5) is 12.6 Å². The largest absolute Gasteiger partial charge is 0.714 e. The van der Waals surface area contributed by atoms with E-state index in [1.54, 1.807) is 0 Å². The van der Waals surface area contributed by atoms with Crippen molar-refractivity contribution < 1.29 is 21.9 Å². The number of methoxy groups -OCH3 is 1. The Hall–Kier alpha value is 0.140. The molecule has 0 aliphatic carbocycles. The highest BCUT2D eigenvalue weighted by molar-refractivity contribution is 7.55. The van der Waals surface area contributed by atoms with E-state index in [9.17, 15) is 12.6 Å². The average Bonchev–Trinajstić information content (AvgIpc) is 1.62. The predicted octanol–water partition coefficient (Wildman–Crippen LogP) is 2.58. The highest BCUT2D eigenvalue weighted by atomic mass is 31.3. The summed E-state index contributed by atoms with van der Waals surface area (Å²) in [5, 5.41) is 0. The van der Waals surface area contributed by atoms with Crippen LogP contribution in [0.3, 0.4) is 0 Å². The third-order valence-electron chi connectivity index (χ3n) is 0.600. The molecule has 0 spiro atoms. The fraction of sp³-hybridized carbons (Fsp3) is 1.00. The molecule has 0 saturated heterocycles. The molecule has 0 saturated carbocycles. The van der Waals surface area contributed by atoms with Gasteiger partial charge in [-0.25, -0.2) is 0 Å². The van der Waals surface area contributed by atoms with Crippen molar-refractivity contribution in [1.29, 1.82) is 0 Å². The first kappa shape index (κ1) is 9.14. The quantitative estimate of drug-likeness (QED) is 0.470. The first-order valence-electron chi connectivity index (χ1n) is 2.15. The van der Waals surface area contributed by atoms with Gasteiger partial charge in [-0.15, -0.1) is 4.52 Å². The van der Waals surface area contributed by atoms with Gasteiger partial charge in [0.25, 0.3) is 0 Å². The molecule has 0 aliphatic rings. The third-order valence-corrected chi connectivity index (χ3v) is 1.14. The molecule has 56 valence electrons. The minimum Gasteiger partial charge on any atom is -0.352 e. The maximum absolute atomic E-state index is 11.3. The normalized spacial score (nSPS) is 15.7. The zero-order valence-electron chi connectivity index (χ0n) is 4.97. The van der Waals surface area contributed by atoms with Crippen molar-refractivity contribution in [2.24, 2.45) is 0 Å². The third kappa shape index (κ3) is 6.02. The van der Waals surface area contributed by atoms with Crippen LogP contribution >= 0.6 is 8.42 Å². The molecule has 0 amide bonds. The molecule has 6 heteroatoms. The molecule has 1 atom stereocenters. The molecular formula is C3H7F3O2P+. The highest BCUT2D eigenvalue weighted by Gasteiger charge is 2.48. The monoisotopic (exact) mass is 163 g/mol. The standard InChI is InChI=1S/C3H7F3O2P/c1-3(7-2)8-9(4,5)6/h3H,1-2H3/q+1. The lowest BCUT2D eigenvalue weighted by molar-refractivity contribution is -0.0483. The highest BCUT2D eigenvalue weighted by Crippen LogP contribution is 2.66. The van der Waals surface area contributed by atoms with Crippen molar-refractivity contribution in [2.75, 3.05) is 7.11 Å². The Bertz CT molecular complexity index is 83.6. The number of rotatable bonds is 3. The van der Waals surface area contributed by atoms with Crippen LogP contribution in [-0.4, -0.2) is 13.4 Å². The zero-order valence-corrected chi connectivity index (χ0v) is 5.87. The van der Waals surface area contributed by atoms with Crippen LogP contribution in [0.2, 0.25) is 0 Å². The van der Waals surface area contributed by atoms with Crippen LogP contribution in [-0.2, 0) is 9.26 Å². The van der Waals surface area contributed by atoms with Crippen LogP contribution in [0.25, 0.3) is 0 Å². The van der Waals surface area contributed by atoms with Crippen molar-refractivity contribution >= 4 is 8.42 Å². The predicted molar refractivity (Wildman–Crippen MR) is 27.8 cm³/mol. The van der Waals surface area contributed by atoms with E-state index in [2.05, 4.69) is 9.26 Å². The average molecular weight is 163 g/mol. The molecule has 0 aliphatic heterocycles. The lowest BCUT2D eigenvalue weighted by Gasteiger charge is -2.02. The van der Waals surface area contributed by atoms with Crippen molar-refractivity contribution in [3.05, 3.63) is 0 Å². The Labute approximate surface area is 51.7 Å². The fourth-order valence-electron chi connectivity index (χ4n) is 0.211. The van der Waals surface area contributed by atoms with Gasteiger partial charge in [0.2, 0.25) is 6.29 Å². The molecule has 0 aromatic rings. The fourth-order valence-corrected chi connectivity index (χ4v) is 0.634. The number of halogens is 3. The Balaban J connectivity index is 3.47. The number of hydrogen-bond acceptors (Lipinski definition) is 2. The lowest BCUT2D eigenvalue weighted by Crippen LogP contribution is -2.06. The first-order chi connectivity index (χ1) is 3.95. The molecule has 0 aromatic heterocycles. The molecule has 0 fully saturated rings. The van der Waals surface area contributed by atoms with Crippen LogP contribution in [0.15, 0.2) is 0 Å². The van der Waals surface area contributed by atoms with E-state index in [0.29, 0.717) is 0 Å². The van der Waals surface area contributed by atoms with E-state index >= 15 is 0 Å². The summed E-state index contributed by atoms with van der Waals surface area (Å²) in [6.45, 7) is 1.19. The van der Waals surface area contributed by atoms with E-state index in [1.165, 1.54) is 6.92 Å². The Kier molecular flexibility index (Phi) is 3.40. The molecule has 1 unspecified atom stereocenters. The summed E-state index contributed by atoms with van der Waals surface area (Å²) in [6.07, 6.45) is -1.18. The van der Waals surface area contributed by atoms with Crippen LogP contribution in [0.1, 0.15) is 6.92 Å². The summed E-state index contributed by atoms with van der Waals surface area (Å²) in [4.78, 5) is 0. The maximum Gasteiger partial charge on any atom is 0.714 e. The van der Waals surface area contributed by atoms with Gasteiger partial charge in [-0.2, -0.15) is 0 Å². The second kappa shape index (κ2) is 3.34. The van der Waals surface area contributed by atoms with E-state index in [4.69, 9.17) is 0 Å². The second-order valence-corrected chi connectivity index (χ2v) is 2.32. The summed E-state index contributed by atoms with van der Waals surface area (Å²) in [5.74, 6) is 0. The van der Waals surface area contributed by atoms with Crippen molar-refractivity contribution in [2.45, 2.75) is 13.2 Å². The van der Waals surface area contributed by atoms with E-state index in [1.807, 2.05) is 0 Å². The van der Waals surface area contributed by atoms with Gasteiger partial charge in [0.05, 0.1) is 12.6 Å². The summed E-state index contributed by atoms with van der Waals surface area (Å²) in [5.41, 5.74) is 0. The summed E-state index contributed by atoms with van der Waals surface area (Å²) in [6, 6.07) is 0. The summed E-state index contributed by atoms with van der Waals surface area (Å²) >= 11 is 0. The molecule has 0 radical (unpaired) electrons. The molecular weight excluding hydrogens is 156 g/mol. The van der Waals surface area contributed by atoms with Gasteiger partial charge < -0.3 is 4.74 Å². The Morgan fingerprint density at radius 3 is 1.89 bits per heavy atom. The van der Waals surface area contributed by atoms with Gasteiger partial charge in [-0.1, -0.05) is 0 Å². The van der Waals surface area contributed by atoms with E-state index in [-0.39, 0.29) is 0 Å². The number of hydrogen-bond donors (Lipinski definition) is 0. The van der Waals surface area contributed by atoms with E-state index in [0.717, 1.165) is 7.11 Å². The van der Waals surface area contributed by atoms with Gasteiger partial charge in [-0.05, 0) is 6.92 Å². The van der Waals surface area contributed by atoms with Gasteiger partial charge in [0, 0.05) is 7.11 Å². The summed E-state index contributed by atoms with van der Waals surface area (Å²) < 4.78 is 41.6. The molecule has 0 bridgehead atoms. The topological polar surface area (TPSA) is 18.5 Å². The van der Waals surface area contributed by atoms with Crippen molar-refractivity contribution in [1.82, 2.24) is 0 Å². The van der Waals surface area contributed by atoms with Crippen LogP contribution < -0.4 is 0 Å². The smallest absolute Gasteiger partial charge is 0.352 e. The molecule has 9 heavy (non-hydrogen) atoms.